The van der Waals surface area contributed by atoms with Crippen LogP contribution in [-0.4, -0.2) is 90.1 Å². The van der Waals surface area contributed by atoms with Gasteiger partial charge in [-0.25, -0.2) is 19.9 Å². The third kappa shape index (κ3) is 3.77. The van der Waals surface area contributed by atoms with Crippen LogP contribution in [0.3, 0.4) is 0 Å². The largest absolute Gasteiger partial charge is 0.394 e. The maximum Gasteiger partial charge on any atom is 0.167 e. The molecule has 0 radical (unpaired) electrons. The van der Waals surface area contributed by atoms with Gasteiger partial charge in [0.25, 0.3) is 0 Å². The molecule has 3 aromatic heterocycles. The zero-order valence-electron chi connectivity index (χ0n) is 17.4. The number of hydrogen-bond donors (Lipinski definition) is 4. The van der Waals surface area contributed by atoms with Crippen molar-refractivity contribution in [3.63, 3.8) is 0 Å². The van der Waals surface area contributed by atoms with Crippen LogP contribution in [0.1, 0.15) is 12.6 Å². The van der Waals surface area contributed by atoms with E-state index in [2.05, 4.69) is 36.2 Å². The molecule has 0 bridgehead atoms. The average Bonchev–Trinajstić information content (AvgIpc) is 3.53. The molecule has 0 aliphatic carbocycles. The van der Waals surface area contributed by atoms with Gasteiger partial charge in [0.15, 0.2) is 23.2 Å². The molecule has 3 aromatic rings. The van der Waals surface area contributed by atoms with E-state index in [-0.39, 0.29) is 6.04 Å². The third-order valence-electron chi connectivity index (χ3n) is 5.96. The fourth-order valence-electron chi connectivity index (χ4n) is 4.21. The van der Waals surface area contributed by atoms with Gasteiger partial charge in [0.2, 0.25) is 0 Å². The first-order valence-corrected chi connectivity index (χ1v) is 11.6. The van der Waals surface area contributed by atoms with Gasteiger partial charge in [0.05, 0.1) is 12.9 Å². The molecule has 0 aromatic carbocycles. The van der Waals surface area contributed by atoms with Gasteiger partial charge >= 0.3 is 0 Å². The lowest BCUT2D eigenvalue weighted by atomic mass is 10.1. The summed E-state index contributed by atoms with van der Waals surface area (Å²) in [5, 5.41) is 33.2. The molecule has 2 fully saturated rings. The Morgan fingerprint density at radius 2 is 2.06 bits per heavy atom. The van der Waals surface area contributed by atoms with Crippen molar-refractivity contribution in [3.8, 4) is 0 Å². The molecule has 0 saturated carbocycles. The lowest BCUT2D eigenvalue weighted by Crippen LogP contribution is -2.33. The molecular formula is C20H25N7O4S. The summed E-state index contributed by atoms with van der Waals surface area (Å²) in [4.78, 5) is 21.0. The molecule has 2 aliphatic rings. The second kappa shape index (κ2) is 8.79. The number of hydrogen-bond acceptors (Lipinski definition) is 11. The van der Waals surface area contributed by atoms with Gasteiger partial charge in [-0.15, -0.1) is 11.8 Å². The lowest BCUT2D eigenvalue weighted by Gasteiger charge is -2.18. The van der Waals surface area contributed by atoms with Crippen LogP contribution in [-0.2, 0) is 4.74 Å². The number of pyridine rings is 1. The van der Waals surface area contributed by atoms with Gasteiger partial charge in [0.1, 0.15) is 30.5 Å². The zero-order valence-corrected chi connectivity index (χ0v) is 18.3. The van der Waals surface area contributed by atoms with E-state index in [9.17, 15) is 15.3 Å². The summed E-state index contributed by atoms with van der Waals surface area (Å²) < 4.78 is 7.18. The predicted molar refractivity (Wildman–Crippen MR) is 119 cm³/mol. The molecule has 11 nitrogen and oxygen atoms in total. The Hall–Kier alpha value is -2.51. The number of anilines is 2. The monoisotopic (exact) mass is 459 g/mol. The molecule has 0 amide bonds. The minimum Gasteiger partial charge on any atom is -0.394 e. The van der Waals surface area contributed by atoms with E-state index in [1.807, 2.05) is 18.5 Å². The summed E-state index contributed by atoms with van der Waals surface area (Å²) in [6.45, 7) is 1.28. The predicted octanol–water partition coefficient (Wildman–Crippen LogP) is 0.245. The molecular weight excluding hydrogens is 434 g/mol. The first-order chi connectivity index (χ1) is 15.6. The summed E-state index contributed by atoms with van der Waals surface area (Å²) in [5.74, 6) is 1.55. The van der Waals surface area contributed by atoms with Crippen molar-refractivity contribution in [1.29, 1.82) is 0 Å². The standard InChI is InChI=1S/C20H25N7O4S/c1-32-12-2-3-14(21-6-12)26-5-4-11(7-26)25-18-15-19(23-9-22-18)27(10-24-15)20-17(30)16(29)13(8-28)31-20/h2-3,6,9-11,13,16-17,20,28-30H,4-5,7-8H2,1H3,(H,22,23,25)/t11-,13+,16+,17+,20+/m0/s1. The van der Waals surface area contributed by atoms with E-state index in [1.165, 1.54) is 12.7 Å². The summed E-state index contributed by atoms with van der Waals surface area (Å²) in [5.41, 5.74) is 1.02. The number of nitrogens with zero attached hydrogens (tertiary/aromatic N) is 6. The van der Waals surface area contributed by atoms with Gasteiger partial charge in [-0.1, -0.05) is 0 Å². The Balaban J connectivity index is 1.32. The fraction of sp³-hybridized carbons (Fsp3) is 0.500. The van der Waals surface area contributed by atoms with Crippen molar-refractivity contribution in [3.05, 3.63) is 31.0 Å². The smallest absolute Gasteiger partial charge is 0.167 e. The first-order valence-electron chi connectivity index (χ1n) is 10.4. The summed E-state index contributed by atoms with van der Waals surface area (Å²) in [6.07, 6.45) is 3.62. The maximum absolute atomic E-state index is 10.4. The third-order valence-corrected chi connectivity index (χ3v) is 6.67. The number of fused-ring (bicyclic) bond motifs is 1. The van der Waals surface area contributed by atoms with Crippen LogP contribution in [0.25, 0.3) is 11.2 Å². The lowest BCUT2D eigenvalue weighted by molar-refractivity contribution is -0.0511. The van der Waals surface area contributed by atoms with E-state index in [1.54, 1.807) is 16.3 Å². The topological polar surface area (TPSA) is 142 Å². The number of thioether (sulfide) groups is 1. The van der Waals surface area contributed by atoms with Gasteiger partial charge in [-0.2, -0.15) is 0 Å². The van der Waals surface area contributed by atoms with Crippen molar-refractivity contribution >= 4 is 34.6 Å². The summed E-state index contributed by atoms with van der Waals surface area (Å²) >= 11 is 1.67. The van der Waals surface area contributed by atoms with Crippen LogP contribution in [0.15, 0.2) is 35.9 Å². The Labute approximate surface area is 188 Å². The van der Waals surface area contributed by atoms with Crippen LogP contribution in [0.4, 0.5) is 11.6 Å². The van der Waals surface area contributed by atoms with Crippen LogP contribution in [0.2, 0.25) is 0 Å². The maximum atomic E-state index is 10.4. The Morgan fingerprint density at radius 3 is 2.78 bits per heavy atom. The first kappa shape index (κ1) is 21.3. The quantitative estimate of drug-likeness (QED) is 0.377. The number of ether oxygens (including phenoxy) is 1. The number of imidazole rings is 1. The Kier molecular flexibility index (Phi) is 5.86. The average molecular weight is 460 g/mol. The minimum absolute atomic E-state index is 0.161. The van der Waals surface area contributed by atoms with Gasteiger partial charge < -0.3 is 30.3 Å². The number of aliphatic hydroxyl groups excluding tert-OH is 3. The fourth-order valence-corrected chi connectivity index (χ4v) is 4.58. The van der Waals surface area contributed by atoms with Crippen LogP contribution >= 0.6 is 11.8 Å². The second-order valence-electron chi connectivity index (χ2n) is 7.91. The molecule has 2 saturated heterocycles. The highest BCUT2D eigenvalue weighted by molar-refractivity contribution is 7.98. The zero-order chi connectivity index (χ0) is 22.2. The second-order valence-corrected chi connectivity index (χ2v) is 8.79. The van der Waals surface area contributed by atoms with E-state index in [4.69, 9.17) is 4.74 Å². The van der Waals surface area contributed by atoms with E-state index < -0.39 is 31.1 Å². The molecule has 170 valence electrons. The molecule has 4 N–H and O–H groups in total. The molecule has 0 spiro atoms. The van der Waals surface area contributed by atoms with Gasteiger partial charge in [-0.3, -0.25) is 4.57 Å². The highest BCUT2D eigenvalue weighted by atomic mass is 32.2. The molecule has 5 atom stereocenters. The van der Waals surface area contributed by atoms with Gasteiger partial charge in [-0.05, 0) is 24.8 Å². The molecule has 0 unspecified atom stereocenters. The van der Waals surface area contributed by atoms with Crippen molar-refractivity contribution in [2.24, 2.45) is 0 Å². The number of aliphatic hydroxyl groups is 3. The summed E-state index contributed by atoms with van der Waals surface area (Å²) in [7, 11) is 0. The molecule has 12 heteroatoms. The van der Waals surface area contributed by atoms with Crippen molar-refractivity contribution < 1.29 is 20.1 Å². The SMILES string of the molecule is CSc1ccc(N2CC[C@H](Nc3ncnc4c3ncn4[C@@H]3O[C@H](CO)[C@@H](O)[C@H]3O)C2)nc1. The Bertz CT molecular complexity index is 1080. The van der Waals surface area contributed by atoms with Crippen LogP contribution in [0.5, 0.6) is 0 Å². The highest BCUT2D eigenvalue weighted by Crippen LogP contribution is 2.32. The number of aromatic nitrogens is 5. The molecule has 32 heavy (non-hydrogen) atoms. The number of nitrogens with one attached hydrogen (secondary N) is 1. The summed E-state index contributed by atoms with van der Waals surface area (Å²) in [6, 6.07) is 4.28. The van der Waals surface area contributed by atoms with Crippen molar-refractivity contribution in [2.45, 2.75) is 41.9 Å². The van der Waals surface area contributed by atoms with Crippen LogP contribution in [0, 0.1) is 0 Å². The van der Waals surface area contributed by atoms with Crippen molar-refractivity contribution in [1.82, 2.24) is 24.5 Å². The normalized spacial score (nSPS) is 28.0. The van der Waals surface area contributed by atoms with E-state index >= 15 is 0 Å². The number of rotatable bonds is 6. The molecule has 5 heterocycles. The van der Waals surface area contributed by atoms with Crippen LogP contribution < -0.4 is 10.2 Å². The minimum atomic E-state index is -1.20. The molecule has 5 rings (SSSR count). The van der Waals surface area contributed by atoms with Gasteiger partial charge in [0, 0.05) is 30.2 Å². The Morgan fingerprint density at radius 1 is 1.19 bits per heavy atom. The van der Waals surface area contributed by atoms with E-state index in [0.717, 1.165) is 30.2 Å². The molecule has 2 aliphatic heterocycles. The van der Waals surface area contributed by atoms with E-state index in [0.29, 0.717) is 17.0 Å². The van der Waals surface area contributed by atoms with Crippen molar-refractivity contribution in [2.75, 3.05) is 36.2 Å². The highest BCUT2D eigenvalue weighted by Gasteiger charge is 2.44.